The van der Waals surface area contributed by atoms with Crippen molar-refractivity contribution in [1.29, 1.82) is 0 Å². The minimum absolute atomic E-state index is 0.213. The van der Waals surface area contributed by atoms with Gasteiger partial charge in [-0.1, -0.05) is 13.8 Å². The highest BCUT2D eigenvalue weighted by atomic mass is 32.2. The number of nitrogens with zero attached hydrogens (tertiary/aromatic N) is 3. The zero-order chi connectivity index (χ0) is 20.2. The van der Waals surface area contributed by atoms with E-state index in [1.165, 1.54) is 8.61 Å². The fraction of sp³-hybridized carbons (Fsp3) is 0.588. The van der Waals surface area contributed by atoms with Gasteiger partial charge in [-0.25, -0.2) is 8.78 Å². The zero-order valence-corrected chi connectivity index (χ0v) is 16.6. The van der Waals surface area contributed by atoms with Gasteiger partial charge in [-0.15, -0.1) is 0 Å². The third kappa shape index (κ3) is 5.01. The lowest BCUT2D eigenvalue weighted by Gasteiger charge is -2.38. The number of nitrogens with one attached hydrogen (secondary N) is 1. The summed E-state index contributed by atoms with van der Waals surface area (Å²) in [5.74, 6) is -1.83. The summed E-state index contributed by atoms with van der Waals surface area (Å²) < 4.78 is 54.8. The molecule has 1 N–H and O–H groups in total. The van der Waals surface area contributed by atoms with Crippen molar-refractivity contribution < 1.29 is 22.0 Å². The maximum absolute atomic E-state index is 13.7. The fourth-order valence-electron chi connectivity index (χ4n) is 3.03. The van der Waals surface area contributed by atoms with E-state index in [2.05, 4.69) is 5.32 Å². The van der Waals surface area contributed by atoms with Crippen molar-refractivity contribution in [3.05, 3.63) is 29.8 Å². The molecule has 1 heterocycles. The van der Waals surface area contributed by atoms with Gasteiger partial charge >= 0.3 is 0 Å². The van der Waals surface area contributed by atoms with Gasteiger partial charge in [0.15, 0.2) is 0 Å². The Kier molecular flexibility index (Phi) is 7.26. The van der Waals surface area contributed by atoms with E-state index in [0.29, 0.717) is 26.2 Å². The summed E-state index contributed by atoms with van der Waals surface area (Å²) in [5.41, 5.74) is -0.213. The van der Waals surface area contributed by atoms with Gasteiger partial charge in [-0.05, 0) is 19.1 Å². The molecular weight excluding hydrogens is 378 g/mol. The van der Waals surface area contributed by atoms with Crippen LogP contribution in [0.5, 0.6) is 0 Å². The van der Waals surface area contributed by atoms with E-state index in [9.17, 15) is 22.0 Å². The minimum atomic E-state index is -3.50. The third-order valence-electron chi connectivity index (χ3n) is 4.74. The van der Waals surface area contributed by atoms with Gasteiger partial charge < -0.3 is 5.32 Å². The van der Waals surface area contributed by atoms with Gasteiger partial charge in [0.1, 0.15) is 11.6 Å². The second kappa shape index (κ2) is 9.05. The normalized spacial score (nSPS) is 17.9. The first kappa shape index (κ1) is 21.7. The molecule has 2 rings (SSSR count). The third-order valence-corrected chi connectivity index (χ3v) is 6.93. The highest BCUT2D eigenvalue weighted by Gasteiger charge is 2.33. The van der Waals surface area contributed by atoms with Gasteiger partial charge in [0.25, 0.3) is 10.2 Å². The molecule has 27 heavy (non-hydrogen) atoms. The molecule has 1 unspecified atom stereocenters. The monoisotopic (exact) mass is 404 g/mol. The number of hydrogen-bond acceptors (Lipinski definition) is 4. The van der Waals surface area contributed by atoms with E-state index < -0.39 is 33.8 Å². The number of carbonyl (C=O) groups is 1. The first-order chi connectivity index (χ1) is 12.7. The Balaban J connectivity index is 1.97. The van der Waals surface area contributed by atoms with E-state index in [-0.39, 0.29) is 18.8 Å². The number of benzene rings is 1. The van der Waals surface area contributed by atoms with Crippen molar-refractivity contribution in [2.75, 3.05) is 44.6 Å². The summed E-state index contributed by atoms with van der Waals surface area (Å²) in [6, 6.07) is 2.25. The van der Waals surface area contributed by atoms with Crippen LogP contribution < -0.4 is 5.32 Å². The highest BCUT2D eigenvalue weighted by molar-refractivity contribution is 7.86. The molecule has 10 heteroatoms. The van der Waals surface area contributed by atoms with Crippen LogP contribution in [0.3, 0.4) is 0 Å². The number of amides is 1. The molecule has 0 spiro atoms. The Hall–Kier alpha value is -1.62. The molecule has 0 aromatic heterocycles. The lowest BCUT2D eigenvalue weighted by molar-refractivity contribution is -0.121. The van der Waals surface area contributed by atoms with E-state index in [1.807, 2.05) is 4.90 Å². The standard InChI is InChI=1S/C17H26F2N4O3S/c1-4-22(5-2)27(25,26)23-10-8-21(9-11-23)13(3)17(24)20-16-12-14(18)6-7-15(16)19/h6-7,12-13H,4-5,8-11H2,1-3H3,(H,20,24). The lowest BCUT2D eigenvalue weighted by Crippen LogP contribution is -2.56. The molecular formula is C17H26F2N4O3S. The Labute approximate surface area is 159 Å². The summed E-state index contributed by atoms with van der Waals surface area (Å²) in [5, 5.41) is 2.39. The van der Waals surface area contributed by atoms with Crippen molar-refractivity contribution in [3.63, 3.8) is 0 Å². The number of anilines is 1. The van der Waals surface area contributed by atoms with Gasteiger partial charge in [0, 0.05) is 45.3 Å². The second-order valence-corrected chi connectivity index (χ2v) is 8.24. The van der Waals surface area contributed by atoms with E-state index in [0.717, 1.165) is 18.2 Å². The molecule has 7 nitrogen and oxygen atoms in total. The van der Waals surface area contributed by atoms with E-state index in [1.54, 1.807) is 20.8 Å². The zero-order valence-electron chi connectivity index (χ0n) is 15.8. The first-order valence-electron chi connectivity index (χ1n) is 8.95. The largest absolute Gasteiger partial charge is 0.322 e. The molecule has 1 atom stereocenters. The number of halogens is 2. The quantitative estimate of drug-likeness (QED) is 0.748. The number of carbonyl (C=O) groups excluding carboxylic acids is 1. The molecule has 152 valence electrons. The van der Waals surface area contributed by atoms with Crippen LogP contribution in [-0.2, 0) is 15.0 Å². The van der Waals surface area contributed by atoms with Gasteiger partial charge in [-0.2, -0.15) is 17.0 Å². The molecule has 1 aromatic rings. The molecule has 1 aliphatic rings. The first-order valence-corrected chi connectivity index (χ1v) is 10.4. The maximum atomic E-state index is 13.7. The Morgan fingerprint density at radius 3 is 2.33 bits per heavy atom. The SMILES string of the molecule is CCN(CC)S(=O)(=O)N1CCN(C(C)C(=O)Nc2cc(F)ccc2F)CC1. The molecule has 1 saturated heterocycles. The lowest BCUT2D eigenvalue weighted by atomic mass is 10.2. The Morgan fingerprint density at radius 2 is 1.78 bits per heavy atom. The smallest absolute Gasteiger partial charge is 0.282 e. The van der Waals surface area contributed by atoms with E-state index in [4.69, 9.17) is 0 Å². The maximum Gasteiger partial charge on any atom is 0.282 e. The van der Waals surface area contributed by atoms with Gasteiger partial charge in [-0.3, -0.25) is 9.69 Å². The summed E-state index contributed by atoms with van der Waals surface area (Å²) in [7, 11) is -3.50. The predicted molar refractivity (Wildman–Crippen MR) is 99.4 cm³/mol. The molecule has 0 saturated carbocycles. The average molecular weight is 404 g/mol. The van der Waals surface area contributed by atoms with Crippen molar-refractivity contribution in [2.45, 2.75) is 26.8 Å². The highest BCUT2D eigenvalue weighted by Crippen LogP contribution is 2.18. The molecule has 1 aliphatic heterocycles. The molecule has 1 aromatic carbocycles. The topological polar surface area (TPSA) is 73.0 Å². The number of piperazine rings is 1. The molecule has 0 bridgehead atoms. The van der Waals surface area contributed by atoms with Crippen LogP contribution >= 0.6 is 0 Å². The predicted octanol–water partition coefficient (Wildman–Crippen LogP) is 1.50. The van der Waals surface area contributed by atoms with Crippen LogP contribution in [0.1, 0.15) is 20.8 Å². The Morgan fingerprint density at radius 1 is 1.19 bits per heavy atom. The summed E-state index contributed by atoms with van der Waals surface area (Å²) in [6.45, 7) is 7.32. The summed E-state index contributed by atoms with van der Waals surface area (Å²) in [6.07, 6.45) is 0. The van der Waals surface area contributed by atoms with Crippen LogP contribution in [0.25, 0.3) is 0 Å². The molecule has 1 fully saturated rings. The summed E-state index contributed by atoms with van der Waals surface area (Å²) in [4.78, 5) is 14.2. The van der Waals surface area contributed by atoms with Gasteiger partial charge in [0.2, 0.25) is 5.91 Å². The van der Waals surface area contributed by atoms with Crippen LogP contribution in [0.4, 0.5) is 14.5 Å². The molecule has 0 aliphatic carbocycles. The summed E-state index contributed by atoms with van der Waals surface area (Å²) >= 11 is 0. The second-order valence-electron chi connectivity index (χ2n) is 6.32. The number of hydrogen-bond donors (Lipinski definition) is 1. The van der Waals surface area contributed by atoms with Crippen molar-refractivity contribution >= 4 is 21.8 Å². The van der Waals surface area contributed by atoms with E-state index >= 15 is 0 Å². The average Bonchev–Trinajstić information content (AvgIpc) is 2.65. The van der Waals surface area contributed by atoms with Crippen molar-refractivity contribution in [2.24, 2.45) is 0 Å². The van der Waals surface area contributed by atoms with Crippen LogP contribution in [0, 0.1) is 11.6 Å². The van der Waals surface area contributed by atoms with Crippen LogP contribution in [0.2, 0.25) is 0 Å². The number of rotatable bonds is 7. The van der Waals surface area contributed by atoms with Gasteiger partial charge in [0.05, 0.1) is 11.7 Å². The van der Waals surface area contributed by atoms with Crippen LogP contribution in [-0.4, -0.2) is 73.1 Å². The Bertz CT molecular complexity index is 763. The van der Waals surface area contributed by atoms with Crippen molar-refractivity contribution in [1.82, 2.24) is 13.5 Å². The van der Waals surface area contributed by atoms with Crippen molar-refractivity contribution in [3.8, 4) is 0 Å². The minimum Gasteiger partial charge on any atom is -0.322 e. The fourth-order valence-corrected chi connectivity index (χ4v) is 4.63. The molecule has 0 radical (unpaired) electrons. The molecule has 1 amide bonds. The van der Waals surface area contributed by atoms with Crippen LogP contribution in [0.15, 0.2) is 18.2 Å².